The minimum absolute atomic E-state index is 0.334. The summed E-state index contributed by atoms with van der Waals surface area (Å²) in [6, 6.07) is 12.4. The van der Waals surface area contributed by atoms with Gasteiger partial charge in [-0.05, 0) is 31.5 Å². The summed E-state index contributed by atoms with van der Waals surface area (Å²) in [5, 5.41) is 0. The smallest absolute Gasteiger partial charge is 0.339 e. The highest BCUT2D eigenvalue weighted by atomic mass is 16.5. The van der Waals surface area contributed by atoms with Crippen LogP contribution in [0.5, 0.6) is 0 Å². The highest BCUT2D eigenvalue weighted by Gasteiger charge is 2.19. The number of methoxy groups -OCH3 is 1. The number of piperazine rings is 1. The van der Waals surface area contributed by atoms with Crippen molar-refractivity contribution < 1.29 is 9.53 Å². The van der Waals surface area contributed by atoms with E-state index in [2.05, 4.69) is 46.0 Å². The van der Waals surface area contributed by atoms with Gasteiger partial charge in [-0.2, -0.15) is 0 Å². The van der Waals surface area contributed by atoms with Crippen LogP contribution >= 0.6 is 0 Å². The topological polar surface area (TPSA) is 45.7 Å². The van der Waals surface area contributed by atoms with Crippen LogP contribution in [0.25, 0.3) is 0 Å². The number of pyridine rings is 1. The molecule has 0 amide bonds. The van der Waals surface area contributed by atoms with Gasteiger partial charge in [-0.25, -0.2) is 9.78 Å². The van der Waals surface area contributed by atoms with Crippen LogP contribution < -0.4 is 4.90 Å². The second-order valence-corrected chi connectivity index (χ2v) is 6.55. The van der Waals surface area contributed by atoms with Crippen LogP contribution in [0, 0.1) is 13.8 Å². The molecule has 0 unspecified atom stereocenters. The van der Waals surface area contributed by atoms with E-state index in [1.807, 2.05) is 19.1 Å². The Labute approximate surface area is 149 Å². The lowest BCUT2D eigenvalue weighted by Gasteiger charge is -2.35. The van der Waals surface area contributed by atoms with Crippen molar-refractivity contribution >= 4 is 11.8 Å². The van der Waals surface area contributed by atoms with E-state index in [1.54, 1.807) is 0 Å². The van der Waals surface area contributed by atoms with Gasteiger partial charge in [0.2, 0.25) is 0 Å². The minimum atomic E-state index is -0.334. The fourth-order valence-electron chi connectivity index (χ4n) is 3.25. The normalized spacial score (nSPS) is 15.2. The van der Waals surface area contributed by atoms with Gasteiger partial charge in [0.15, 0.2) is 0 Å². The van der Waals surface area contributed by atoms with Crippen LogP contribution in [0.3, 0.4) is 0 Å². The van der Waals surface area contributed by atoms with Gasteiger partial charge < -0.3 is 9.64 Å². The fraction of sp³-hybridized carbons (Fsp3) is 0.400. The molecule has 25 heavy (non-hydrogen) atoms. The maximum absolute atomic E-state index is 11.7. The second kappa shape index (κ2) is 7.66. The molecule has 5 heteroatoms. The summed E-state index contributed by atoms with van der Waals surface area (Å²) in [5.74, 6) is 0.597. The fourth-order valence-corrected chi connectivity index (χ4v) is 3.25. The lowest BCUT2D eigenvalue weighted by atomic mass is 10.1. The molecule has 1 fully saturated rings. The maximum atomic E-state index is 11.7. The van der Waals surface area contributed by atoms with E-state index in [9.17, 15) is 4.79 Å². The van der Waals surface area contributed by atoms with E-state index in [-0.39, 0.29) is 5.97 Å². The summed E-state index contributed by atoms with van der Waals surface area (Å²) in [6.07, 6.45) is 0. The first kappa shape index (κ1) is 17.4. The molecule has 0 bridgehead atoms. The Hall–Kier alpha value is -2.40. The van der Waals surface area contributed by atoms with Crippen LogP contribution in [0.15, 0.2) is 36.4 Å². The Morgan fingerprint density at radius 3 is 2.52 bits per heavy atom. The van der Waals surface area contributed by atoms with E-state index < -0.39 is 0 Å². The number of rotatable bonds is 4. The van der Waals surface area contributed by atoms with Crippen LogP contribution in [0.2, 0.25) is 0 Å². The number of hydrogen-bond acceptors (Lipinski definition) is 5. The number of aryl methyl sites for hydroxylation is 2. The summed E-state index contributed by atoms with van der Waals surface area (Å²) < 4.78 is 4.78. The van der Waals surface area contributed by atoms with E-state index >= 15 is 0 Å². The minimum Gasteiger partial charge on any atom is -0.465 e. The molecule has 5 nitrogen and oxygen atoms in total. The first-order chi connectivity index (χ1) is 12.1. The predicted molar refractivity (Wildman–Crippen MR) is 99.0 cm³/mol. The molecule has 3 rings (SSSR count). The highest BCUT2D eigenvalue weighted by molar-refractivity contribution is 5.90. The number of nitrogens with zero attached hydrogens (tertiary/aromatic N) is 3. The van der Waals surface area contributed by atoms with Gasteiger partial charge in [-0.1, -0.05) is 29.8 Å². The SMILES string of the molecule is COC(=O)c1ccc(N2CCN(Cc3cccc(C)c3)CC2)nc1C. The van der Waals surface area contributed by atoms with Crippen LogP contribution in [0.1, 0.15) is 27.2 Å². The summed E-state index contributed by atoms with van der Waals surface area (Å²) in [4.78, 5) is 21.0. The van der Waals surface area contributed by atoms with Crippen molar-refractivity contribution in [3.8, 4) is 0 Å². The molecule has 0 N–H and O–H groups in total. The summed E-state index contributed by atoms with van der Waals surface area (Å²) in [6.45, 7) is 8.87. The standard InChI is InChI=1S/C20H25N3O2/c1-15-5-4-6-17(13-15)14-22-9-11-23(12-10-22)19-8-7-18(16(2)21-19)20(24)25-3/h4-8,13H,9-12,14H2,1-3H3. The Kier molecular flexibility index (Phi) is 5.34. The molecule has 2 heterocycles. The molecule has 1 saturated heterocycles. The quantitative estimate of drug-likeness (QED) is 0.802. The maximum Gasteiger partial charge on any atom is 0.339 e. The van der Waals surface area contributed by atoms with E-state index in [0.29, 0.717) is 11.3 Å². The highest BCUT2D eigenvalue weighted by Crippen LogP contribution is 2.18. The van der Waals surface area contributed by atoms with Gasteiger partial charge in [0.1, 0.15) is 5.82 Å². The lowest BCUT2D eigenvalue weighted by Crippen LogP contribution is -2.46. The van der Waals surface area contributed by atoms with Crippen molar-refractivity contribution in [3.63, 3.8) is 0 Å². The van der Waals surface area contributed by atoms with Gasteiger partial charge in [0.25, 0.3) is 0 Å². The van der Waals surface area contributed by atoms with Crippen molar-refractivity contribution in [1.29, 1.82) is 0 Å². The second-order valence-electron chi connectivity index (χ2n) is 6.55. The van der Waals surface area contributed by atoms with Gasteiger partial charge in [0, 0.05) is 32.7 Å². The van der Waals surface area contributed by atoms with E-state index in [4.69, 9.17) is 4.74 Å². The third-order valence-electron chi connectivity index (χ3n) is 4.66. The van der Waals surface area contributed by atoms with Crippen molar-refractivity contribution in [2.24, 2.45) is 0 Å². The number of ether oxygens (including phenoxy) is 1. The van der Waals surface area contributed by atoms with Gasteiger partial charge >= 0.3 is 5.97 Å². The number of anilines is 1. The van der Waals surface area contributed by atoms with Gasteiger partial charge in [0.05, 0.1) is 18.4 Å². The molecule has 0 aliphatic carbocycles. The molecule has 0 atom stereocenters. The Morgan fingerprint density at radius 1 is 1.12 bits per heavy atom. The predicted octanol–water partition coefficient (Wildman–Crippen LogP) is 2.81. The first-order valence-electron chi connectivity index (χ1n) is 8.65. The number of aromatic nitrogens is 1. The monoisotopic (exact) mass is 339 g/mol. The van der Waals surface area contributed by atoms with E-state index in [0.717, 1.165) is 38.5 Å². The Balaban J connectivity index is 1.60. The molecular formula is C20H25N3O2. The zero-order valence-electron chi connectivity index (χ0n) is 15.2. The van der Waals surface area contributed by atoms with Crippen molar-refractivity contribution in [1.82, 2.24) is 9.88 Å². The van der Waals surface area contributed by atoms with Gasteiger partial charge in [-0.3, -0.25) is 4.90 Å². The Morgan fingerprint density at radius 2 is 1.88 bits per heavy atom. The zero-order chi connectivity index (χ0) is 17.8. The Bertz CT molecular complexity index is 752. The molecule has 1 aliphatic rings. The lowest BCUT2D eigenvalue weighted by molar-refractivity contribution is 0.0599. The third-order valence-corrected chi connectivity index (χ3v) is 4.66. The number of esters is 1. The molecule has 1 aliphatic heterocycles. The molecule has 0 spiro atoms. The number of carbonyl (C=O) groups is 1. The van der Waals surface area contributed by atoms with Crippen LogP contribution in [0.4, 0.5) is 5.82 Å². The summed E-state index contributed by atoms with van der Waals surface area (Å²) >= 11 is 0. The average Bonchev–Trinajstić information content (AvgIpc) is 2.62. The van der Waals surface area contributed by atoms with Crippen molar-refractivity contribution in [2.45, 2.75) is 20.4 Å². The van der Waals surface area contributed by atoms with Crippen molar-refractivity contribution in [2.75, 3.05) is 38.2 Å². The largest absolute Gasteiger partial charge is 0.465 e. The summed E-state index contributed by atoms with van der Waals surface area (Å²) in [5.41, 5.74) is 3.92. The molecule has 0 saturated carbocycles. The average molecular weight is 339 g/mol. The van der Waals surface area contributed by atoms with Crippen LogP contribution in [-0.4, -0.2) is 49.1 Å². The molecule has 0 radical (unpaired) electrons. The van der Waals surface area contributed by atoms with Crippen LogP contribution in [-0.2, 0) is 11.3 Å². The molecule has 132 valence electrons. The molecule has 1 aromatic heterocycles. The molecular weight excluding hydrogens is 314 g/mol. The zero-order valence-corrected chi connectivity index (χ0v) is 15.2. The van der Waals surface area contributed by atoms with E-state index in [1.165, 1.54) is 18.2 Å². The number of benzene rings is 1. The number of hydrogen-bond donors (Lipinski definition) is 0. The molecule has 1 aromatic carbocycles. The number of carbonyl (C=O) groups excluding carboxylic acids is 1. The van der Waals surface area contributed by atoms with Crippen molar-refractivity contribution in [3.05, 3.63) is 58.8 Å². The first-order valence-corrected chi connectivity index (χ1v) is 8.65. The third kappa shape index (κ3) is 4.17. The summed E-state index contributed by atoms with van der Waals surface area (Å²) in [7, 11) is 1.39. The van der Waals surface area contributed by atoms with Gasteiger partial charge in [-0.15, -0.1) is 0 Å². The molecule has 2 aromatic rings.